The predicted molar refractivity (Wildman–Crippen MR) is 58.8 cm³/mol. The number of nitrogens with zero attached hydrogens (tertiary/aromatic N) is 2. The van der Waals surface area contributed by atoms with E-state index in [4.69, 9.17) is 0 Å². The van der Waals surface area contributed by atoms with Crippen LogP contribution in [0.3, 0.4) is 0 Å². The van der Waals surface area contributed by atoms with Crippen LogP contribution in [0.25, 0.3) is 11.4 Å². The molecular weight excluding hydrogens is 188 g/mol. The van der Waals surface area contributed by atoms with Crippen molar-refractivity contribution in [3.05, 3.63) is 41.7 Å². The van der Waals surface area contributed by atoms with Crippen LogP contribution in [-0.4, -0.2) is 15.8 Å². The van der Waals surface area contributed by atoms with Crippen molar-refractivity contribution in [3.8, 4) is 11.4 Å². The first-order valence-electron chi connectivity index (χ1n) is 4.76. The fourth-order valence-corrected chi connectivity index (χ4v) is 1.59. The number of hydrogen-bond donors (Lipinski definition) is 0. The lowest BCUT2D eigenvalue weighted by molar-refractivity contribution is 0.112. The molecule has 0 radical (unpaired) electrons. The van der Waals surface area contributed by atoms with Crippen molar-refractivity contribution in [2.24, 2.45) is 7.05 Å². The monoisotopic (exact) mass is 200 g/mol. The minimum Gasteiger partial charge on any atom is -0.334 e. The van der Waals surface area contributed by atoms with E-state index in [1.807, 2.05) is 42.9 Å². The molecule has 0 bridgehead atoms. The average molecular weight is 200 g/mol. The third kappa shape index (κ3) is 1.68. The summed E-state index contributed by atoms with van der Waals surface area (Å²) in [5, 5.41) is 0. The molecule has 0 saturated heterocycles. The Morgan fingerprint density at radius 1 is 1.40 bits per heavy atom. The van der Waals surface area contributed by atoms with E-state index in [0.717, 1.165) is 23.2 Å². The predicted octanol–water partition coefficient (Wildman–Crippen LogP) is 2.21. The zero-order valence-corrected chi connectivity index (χ0v) is 8.77. The maximum atomic E-state index is 10.9. The van der Waals surface area contributed by atoms with Crippen molar-refractivity contribution >= 4 is 6.29 Å². The van der Waals surface area contributed by atoms with Gasteiger partial charge in [-0.3, -0.25) is 4.79 Å². The fourth-order valence-electron chi connectivity index (χ4n) is 1.59. The number of aldehydes is 1. The van der Waals surface area contributed by atoms with Gasteiger partial charge in [0.25, 0.3) is 0 Å². The van der Waals surface area contributed by atoms with Gasteiger partial charge in [0, 0.05) is 30.6 Å². The lowest BCUT2D eigenvalue weighted by Gasteiger charge is -2.05. The molecule has 2 rings (SSSR count). The van der Waals surface area contributed by atoms with E-state index in [1.165, 1.54) is 0 Å². The highest BCUT2D eigenvalue weighted by atomic mass is 16.1. The van der Waals surface area contributed by atoms with Crippen LogP contribution in [0, 0.1) is 6.92 Å². The summed E-state index contributed by atoms with van der Waals surface area (Å²) in [4.78, 5) is 15.1. The van der Waals surface area contributed by atoms with Gasteiger partial charge in [-0.25, -0.2) is 4.98 Å². The van der Waals surface area contributed by atoms with E-state index >= 15 is 0 Å². The summed E-state index contributed by atoms with van der Waals surface area (Å²) in [5.41, 5.74) is 2.69. The Balaban J connectivity index is 2.65. The van der Waals surface area contributed by atoms with E-state index in [0.29, 0.717) is 5.56 Å². The van der Waals surface area contributed by atoms with E-state index in [2.05, 4.69) is 4.98 Å². The molecule has 3 heteroatoms. The molecule has 3 nitrogen and oxygen atoms in total. The average Bonchev–Trinajstić information content (AvgIpc) is 2.64. The number of imidazole rings is 1. The molecule has 0 spiro atoms. The second-order valence-corrected chi connectivity index (χ2v) is 3.57. The van der Waals surface area contributed by atoms with Gasteiger partial charge in [0.05, 0.1) is 0 Å². The first kappa shape index (κ1) is 9.65. The molecule has 0 aliphatic heterocycles. The van der Waals surface area contributed by atoms with Gasteiger partial charge in [0.1, 0.15) is 5.82 Å². The van der Waals surface area contributed by atoms with Gasteiger partial charge in [-0.05, 0) is 13.0 Å². The van der Waals surface area contributed by atoms with E-state index in [9.17, 15) is 4.79 Å². The van der Waals surface area contributed by atoms with Crippen LogP contribution in [0.4, 0.5) is 0 Å². The number of aryl methyl sites for hydroxylation is 2. The first-order chi connectivity index (χ1) is 7.22. The maximum Gasteiger partial charge on any atom is 0.150 e. The van der Waals surface area contributed by atoms with Crippen LogP contribution in [0.15, 0.2) is 30.6 Å². The summed E-state index contributed by atoms with van der Waals surface area (Å²) < 4.78 is 1.90. The molecule has 1 aromatic carbocycles. The number of carbonyl (C=O) groups is 1. The number of carbonyl (C=O) groups excluding carboxylic acids is 1. The second kappa shape index (κ2) is 3.69. The highest BCUT2D eigenvalue weighted by Gasteiger charge is 2.08. The summed E-state index contributed by atoms with van der Waals surface area (Å²) in [6.07, 6.45) is 4.46. The largest absolute Gasteiger partial charge is 0.334 e. The zero-order valence-electron chi connectivity index (χ0n) is 8.77. The highest BCUT2D eigenvalue weighted by Crippen LogP contribution is 2.21. The van der Waals surface area contributed by atoms with Gasteiger partial charge in [-0.1, -0.05) is 17.7 Å². The molecule has 0 aliphatic carbocycles. The summed E-state index contributed by atoms with van der Waals surface area (Å²) >= 11 is 0. The number of rotatable bonds is 2. The molecule has 0 fully saturated rings. The van der Waals surface area contributed by atoms with Gasteiger partial charge in [-0.2, -0.15) is 0 Å². The van der Waals surface area contributed by atoms with Crippen molar-refractivity contribution in [1.29, 1.82) is 0 Å². The molecule has 1 heterocycles. The van der Waals surface area contributed by atoms with Crippen LogP contribution in [-0.2, 0) is 7.05 Å². The molecule has 1 aromatic heterocycles. The normalized spacial score (nSPS) is 10.3. The Kier molecular flexibility index (Phi) is 2.37. The quantitative estimate of drug-likeness (QED) is 0.696. The fraction of sp³-hybridized carbons (Fsp3) is 0.167. The van der Waals surface area contributed by atoms with Crippen LogP contribution in [0.5, 0.6) is 0 Å². The lowest BCUT2D eigenvalue weighted by atomic mass is 10.0. The van der Waals surface area contributed by atoms with E-state index in [-0.39, 0.29) is 0 Å². The smallest absolute Gasteiger partial charge is 0.150 e. The summed E-state index contributed by atoms with van der Waals surface area (Å²) in [6.45, 7) is 2.00. The lowest BCUT2D eigenvalue weighted by Crippen LogP contribution is -1.96. The molecule has 76 valence electrons. The summed E-state index contributed by atoms with van der Waals surface area (Å²) in [7, 11) is 1.92. The molecular formula is C12H12N2O. The van der Waals surface area contributed by atoms with Crippen LogP contribution < -0.4 is 0 Å². The Bertz CT molecular complexity index is 500. The van der Waals surface area contributed by atoms with Gasteiger partial charge in [0.2, 0.25) is 0 Å². The van der Waals surface area contributed by atoms with Crippen molar-refractivity contribution < 1.29 is 4.79 Å². The van der Waals surface area contributed by atoms with Crippen molar-refractivity contribution in [2.75, 3.05) is 0 Å². The summed E-state index contributed by atoms with van der Waals surface area (Å²) in [5.74, 6) is 0.820. The Hall–Kier alpha value is -1.90. The highest BCUT2D eigenvalue weighted by molar-refractivity contribution is 5.86. The van der Waals surface area contributed by atoms with Gasteiger partial charge >= 0.3 is 0 Å². The molecule has 0 N–H and O–H groups in total. The molecule has 0 aliphatic rings. The standard InChI is InChI=1S/C12H12N2O/c1-9-3-4-10(8-15)11(7-9)12-13-5-6-14(12)2/h3-8H,1-2H3. The number of aromatic nitrogens is 2. The van der Waals surface area contributed by atoms with Gasteiger partial charge in [-0.15, -0.1) is 0 Å². The van der Waals surface area contributed by atoms with Crippen LogP contribution >= 0.6 is 0 Å². The van der Waals surface area contributed by atoms with Crippen LogP contribution in [0.2, 0.25) is 0 Å². The molecule has 15 heavy (non-hydrogen) atoms. The first-order valence-corrected chi connectivity index (χ1v) is 4.76. The maximum absolute atomic E-state index is 10.9. The molecule has 0 amide bonds. The molecule has 2 aromatic rings. The Morgan fingerprint density at radius 2 is 2.20 bits per heavy atom. The molecule has 0 atom stereocenters. The van der Waals surface area contributed by atoms with Crippen molar-refractivity contribution in [1.82, 2.24) is 9.55 Å². The van der Waals surface area contributed by atoms with E-state index < -0.39 is 0 Å². The zero-order chi connectivity index (χ0) is 10.8. The number of hydrogen-bond acceptors (Lipinski definition) is 2. The minimum atomic E-state index is 0.676. The third-order valence-electron chi connectivity index (χ3n) is 2.40. The third-order valence-corrected chi connectivity index (χ3v) is 2.40. The number of benzene rings is 1. The van der Waals surface area contributed by atoms with Crippen molar-refractivity contribution in [2.45, 2.75) is 6.92 Å². The molecule has 0 saturated carbocycles. The van der Waals surface area contributed by atoms with Gasteiger partial charge < -0.3 is 4.57 Å². The summed E-state index contributed by atoms with van der Waals surface area (Å²) in [6, 6.07) is 5.73. The second-order valence-electron chi connectivity index (χ2n) is 3.57. The SMILES string of the molecule is Cc1ccc(C=O)c(-c2nccn2C)c1. The minimum absolute atomic E-state index is 0.676. The Morgan fingerprint density at radius 3 is 2.80 bits per heavy atom. The van der Waals surface area contributed by atoms with Crippen molar-refractivity contribution in [3.63, 3.8) is 0 Å². The van der Waals surface area contributed by atoms with Gasteiger partial charge in [0.15, 0.2) is 6.29 Å². The van der Waals surface area contributed by atoms with E-state index in [1.54, 1.807) is 6.20 Å². The molecule has 0 unspecified atom stereocenters. The van der Waals surface area contributed by atoms with Crippen LogP contribution in [0.1, 0.15) is 15.9 Å². The topological polar surface area (TPSA) is 34.9 Å². The Labute approximate surface area is 88.4 Å².